The van der Waals surface area contributed by atoms with Crippen molar-refractivity contribution < 1.29 is 4.79 Å². The Labute approximate surface area is 137 Å². The third-order valence-corrected chi connectivity index (χ3v) is 4.09. The number of H-pyrrole nitrogens is 1. The SMILES string of the molecule is C[C@@H](NC(=O)Cn1[nH]c(=O)ccc1=O)c1nnc2n1CCCCC2. The summed E-state index contributed by atoms with van der Waals surface area (Å²) in [5.74, 6) is 1.29. The van der Waals surface area contributed by atoms with Crippen LogP contribution in [-0.2, 0) is 24.3 Å². The highest BCUT2D eigenvalue weighted by Gasteiger charge is 2.20. The number of hydrogen-bond donors (Lipinski definition) is 2. The Balaban J connectivity index is 1.71. The normalized spacial score (nSPS) is 15.4. The highest BCUT2D eigenvalue weighted by atomic mass is 16.2. The van der Waals surface area contributed by atoms with Gasteiger partial charge >= 0.3 is 0 Å². The number of hydrogen-bond acceptors (Lipinski definition) is 5. The van der Waals surface area contributed by atoms with Gasteiger partial charge in [0.2, 0.25) is 5.91 Å². The number of fused-ring (bicyclic) bond motifs is 1. The Kier molecular flexibility index (Phi) is 4.59. The molecule has 0 saturated heterocycles. The van der Waals surface area contributed by atoms with Crippen molar-refractivity contribution >= 4 is 5.91 Å². The second kappa shape index (κ2) is 6.81. The van der Waals surface area contributed by atoms with Crippen LogP contribution in [0.3, 0.4) is 0 Å². The Morgan fingerprint density at radius 2 is 2.12 bits per heavy atom. The molecule has 3 heterocycles. The third kappa shape index (κ3) is 3.44. The zero-order chi connectivity index (χ0) is 17.1. The molecule has 9 nitrogen and oxygen atoms in total. The van der Waals surface area contributed by atoms with Gasteiger partial charge in [0.15, 0.2) is 5.82 Å². The van der Waals surface area contributed by atoms with Gasteiger partial charge in [-0.1, -0.05) is 6.42 Å². The van der Waals surface area contributed by atoms with Crippen LogP contribution in [0.25, 0.3) is 0 Å². The summed E-state index contributed by atoms with van der Waals surface area (Å²) in [6.45, 7) is 2.43. The first-order valence-corrected chi connectivity index (χ1v) is 8.06. The Bertz CT molecular complexity index is 849. The summed E-state index contributed by atoms with van der Waals surface area (Å²) in [6, 6.07) is 1.93. The van der Waals surface area contributed by atoms with E-state index in [2.05, 4.69) is 25.2 Å². The van der Waals surface area contributed by atoms with Gasteiger partial charge in [0.25, 0.3) is 11.1 Å². The second-order valence-electron chi connectivity index (χ2n) is 5.96. The molecule has 24 heavy (non-hydrogen) atoms. The molecule has 1 amide bonds. The van der Waals surface area contributed by atoms with E-state index in [1.54, 1.807) is 0 Å². The van der Waals surface area contributed by atoms with Crippen molar-refractivity contribution in [3.05, 3.63) is 44.5 Å². The number of nitrogens with zero attached hydrogens (tertiary/aromatic N) is 4. The van der Waals surface area contributed by atoms with E-state index in [0.29, 0.717) is 5.82 Å². The van der Waals surface area contributed by atoms with E-state index in [-0.39, 0.29) is 18.5 Å². The van der Waals surface area contributed by atoms with E-state index < -0.39 is 11.1 Å². The van der Waals surface area contributed by atoms with Gasteiger partial charge in [-0.15, -0.1) is 10.2 Å². The predicted molar refractivity (Wildman–Crippen MR) is 85.5 cm³/mol. The lowest BCUT2D eigenvalue weighted by molar-refractivity contribution is -0.122. The van der Waals surface area contributed by atoms with Gasteiger partial charge in [-0.2, -0.15) is 0 Å². The fourth-order valence-electron chi connectivity index (χ4n) is 2.90. The Hall–Kier alpha value is -2.71. The van der Waals surface area contributed by atoms with Crippen molar-refractivity contribution in [2.75, 3.05) is 0 Å². The van der Waals surface area contributed by atoms with Crippen molar-refractivity contribution in [2.45, 2.75) is 51.7 Å². The number of amides is 1. The van der Waals surface area contributed by atoms with Crippen LogP contribution in [-0.4, -0.2) is 30.5 Å². The zero-order valence-electron chi connectivity index (χ0n) is 13.5. The van der Waals surface area contributed by atoms with Crippen LogP contribution in [0.4, 0.5) is 0 Å². The minimum atomic E-state index is -0.436. The maximum absolute atomic E-state index is 12.2. The van der Waals surface area contributed by atoms with Crippen LogP contribution in [0.1, 0.15) is 43.9 Å². The van der Waals surface area contributed by atoms with Crippen LogP contribution < -0.4 is 16.4 Å². The third-order valence-electron chi connectivity index (χ3n) is 4.09. The molecule has 1 aliphatic rings. The van der Waals surface area contributed by atoms with Gasteiger partial charge in [0.1, 0.15) is 12.4 Å². The van der Waals surface area contributed by atoms with Gasteiger partial charge in [-0.3, -0.25) is 19.5 Å². The van der Waals surface area contributed by atoms with Gasteiger partial charge in [-0.05, 0) is 19.8 Å². The highest BCUT2D eigenvalue weighted by Crippen LogP contribution is 2.18. The lowest BCUT2D eigenvalue weighted by atomic mass is 10.2. The fraction of sp³-hybridized carbons (Fsp3) is 0.533. The van der Waals surface area contributed by atoms with Crippen molar-refractivity contribution in [1.29, 1.82) is 0 Å². The average molecular weight is 332 g/mol. The Morgan fingerprint density at radius 3 is 2.96 bits per heavy atom. The standard InChI is InChI=1S/C15H20N6O3/c1-10(15-18-17-11-5-3-2-4-8-20(11)15)16-13(23)9-21-14(24)7-6-12(22)19-21/h6-7,10H,2-5,8-9H2,1H3,(H,16,23)(H,19,22)/t10-/m1/s1. The van der Waals surface area contributed by atoms with E-state index in [1.165, 1.54) is 0 Å². The molecule has 0 saturated carbocycles. The minimum absolute atomic E-state index is 0.250. The molecule has 128 valence electrons. The number of aromatic amines is 1. The van der Waals surface area contributed by atoms with E-state index >= 15 is 0 Å². The topological polar surface area (TPSA) is 115 Å². The summed E-state index contributed by atoms with van der Waals surface area (Å²) in [6.07, 6.45) is 4.23. The molecule has 1 aliphatic heterocycles. The Morgan fingerprint density at radius 1 is 1.29 bits per heavy atom. The van der Waals surface area contributed by atoms with Gasteiger partial charge in [0.05, 0.1) is 6.04 Å². The molecule has 1 atom stereocenters. The molecule has 2 aromatic rings. The molecule has 0 unspecified atom stereocenters. The molecule has 0 spiro atoms. The highest BCUT2D eigenvalue weighted by molar-refractivity contribution is 5.75. The molecule has 3 rings (SSSR count). The van der Waals surface area contributed by atoms with Crippen LogP contribution in [0, 0.1) is 0 Å². The quantitative estimate of drug-likeness (QED) is 0.800. The number of aromatic nitrogens is 5. The average Bonchev–Trinajstić information content (AvgIpc) is 2.80. The number of nitrogens with one attached hydrogen (secondary N) is 2. The molecule has 2 aromatic heterocycles. The smallest absolute Gasteiger partial charge is 0.265 e. The lowest BCUT2D eigenvalue weighted by Crippen LogP contribution is -2.37. The van der Waals surface area contributed by atoms with Crippen molar-refractivity contribution in [2.24, 2.45) is 0 Å². The molecular weight excluding hydrogens is 312 g/mol. The number of carbonyl (C=O) groups is 1. The predicted octanol–water partition coefficient (Wildman–Crippen LogP) is -0.268. The largest absolute Gasteiger partial charge is 0.345 e. The summed E-state index contributed by atoms with van der Waals surface area (Å²) in [7, 11) is 0. The van der Waals surface area contributed by atoms with Crippen LogP contribution >= 0.6 is 0 Å². The summed E-state index contributed by atoms with van der Waals surface area (Å²) in [4.78, 5) is 35.1. The van der Waals surface area contributed by atoms with Crippen molar-refractivity contribution in [1.82, 2.24) is 29.9 Å². The summed E-state index contributed by atoms with van der Waals surface area (Å²) in [5, 5.41) is 13.5. The van der Waals surface area contributed by atoms with E-state index in [0.717, 1.165) is 54.9 Å². The first-order chi connectivity index (χ1) is 11.5. The van der Waals surface area contributed by atoms with E-state index in [9.17, 15) is 14.4 Å². The lowest BCUT2D eigenvalue weighted by Gasteiger charge is -2.15. The molecule has 9 heteroatoms. The maximum Gasteiger partial charge on any atom is 0.265 e. The monoisotopic (exact) mass is 332 g/mol. The summed E-state index contributed by atoms with van der Waals surface area (Å²) < 4.78 is 3.04. The molecule has 0 aromatic carbocycles. The number of rotatable bonds is 4. The molecule has 2 N–H and O–H groups in total. The van der Waals surface area contributed by atoms with Crippen molar-refractivity contribution in [3.63, 3.8) is 0 Å². The second-order valence-corrected chi connectivity index (χ2v) is 5.96. The van der Waals surface area contributed by atoms with Crippen LogP contribution in [0.15, 0.2) is 21.7 Å². The maximum atomic E-state index is 12.2. The van der Waals surface area contributed by atoms with E-state index in [4.69, 9.17) is 0 Å². The van der Waals surface area contributed by atoms with Gasteiger partial charge in [-0.25, -0.2) is 4.68 Å². The van der Waals surface area contributed by atoms with Crippen molar-refractivity contribution in [3.8, 4) is 0 Å². The van der Waals surface area contributed by atoms with Gasteiger partial charge in [0, 0.05) is 25.1 Å². The van der Waals surface area contributed by atoms with E-state index in [1.807, 2.05) is 6.92 Å². The zero-order valence-corrected chi connectivity index (χ0v) is 13.5. The first-order valence-electron chi connectivity index (χ1n) is 8.06. The number of carbonyl (C=O) groups excluding carboxylic acids is 1. The molecule has 0 fully saturated rings. The first kappa shape index (κ1) is 16.2. The molecular formula is C15H20N6O3. The fourth-order valence-corrected chi connectivity index (χ4v) is 2.90. The molecule has 0 aliphatic carbocycles. The summed E-state index contributed by atoms with van der Waals surface area (Å²) in [5.41, 5.74) is -0.869. The summed E-state index contributed by atoms with van der Waals surface area (Å²) >= 11 is 0. The van der Waals surface area contributed by atoms with Gasteiger partial charge < -0.3 is 9.88 Å². The minimum Gasteiger partial charge on any atom is -0.345 e. The van der Waals surface area contributed by atoms with Crippen LogP contribution in [0.2, 0.25) is 0 Å². The molecule has 0 bridgehead atoms. The van der Waals surface area contributed by atoms with Crippen LogP contribution in [0.5, 0.6) is 0 Å². The number of aryl methyl sites for hydroxylation is 1. The molecule has 0 radical (unpaired) electrons.